The molecule has 1 aromatic carbocycles. The van der Waals surface area contributed by atoms with Crippen molar-refractivity contribution >= 4 is 18.0 Å². The Morgan fingerprint density at radius 3 is 2.42 bits per heavy atom. The van der Waals surface area contributed by atoms with Crippen molar-refractivity contribution < 1.29 is 14.5 Å². The van der Waals surface area contributed by atoms with E-state index in [9.17, 15) is 14.9 Å². The lowest BCUT2D eigenvalue weighted by molar-refractivity contribution is -0.384. The Balaban J connectivity index is 2.53. The van der Waals surface area contributed by atoms with E-state index in [0.717, 1.165) is 0 Å². The molecule has 102 valence electrons. The average molecular weight is 265 g/mol. The molecule has 0 saturated heterocycles. The number of benzene rings is 1. The zero-order chi connectivity index (χ0) is 14.5. The van der Waals surface area contributed by atoms with Crippen molar-refractivity contribution in [3.05, 3.63) is 39.9 Å². The molecule has 0 atom stereocenters. The molecule has 1 N–H and O–H groups in total. The normalized spacial score (nSPS) is 11.3. The third kappa shape index (κ3) is 5.62. The van der Waals surface area contributed by atoms with Gasteiger partial charge in [-0.1, -0.05) is 0 Å². The van der Waals surface area contributed by atoms with E-state index >= 15 is 0 Å². The average Bonchev–Trinajstić information content (AvgIpc) is 2.27. The lowest BCUT2D eigenvalue weighted by Crippen LogP contribution is -2.29. The summed E-state index contributed by atoms with van der Waals surface area (Å²) in [5.74, 6) is 0. The summed E-state index contributed by atoms with van der Waals surface area (Å²) in [6.07, 6.45) is 0.707. The van der Waals surface area contributed by atoms with Gasteiger partial charge in [0.2, 0.25) is 0 Å². The predicted molar refractivity (Wildman–Crippen MR) is 70.1 cm³/mol. The van der Waals surface area contributed by atoms with Crippen LogP contribution in [0.2, 0.25) is 0 Å². The summed E-state index contributed by atoms with van der Waals surface area (Å²) in [5.41, 5.74) is 2.23. The molecule has 0 unspecified atom stereocenters. The molecule has 1 amide bonds. The van der Waals surface area contributed by atoms with Gasteiger partial charge in [0.1, 0.15) is 5.60 Å². The number of rotatable bonds is 3. The van der Waals surface area contributed by atoms with Crippen LogP contribution < -0.4 is 5.43 Å². The van der Waals surface area contributed by atoms with Crippen LogP contribution in [0.4, 0.5) is 10.5 Å². The number of carbonyl (C=O) groups is 1. The van der Waals surface area contributed by atoms with Crippen LogP contribution in [0.1, 0.15) is 26.3 Å². The van der Waals surface area contributed by atoms with E-state index in [1.54, 1.807) is 20.8 Å². The quantitative estimate of drug-likeness (QED) is 0.516. The molecule has 19 heavy (non-hydrogen) atoms. The first-order valence-corrected chi connectivity index (χ1v) is 5.54. The van der Waals surface area contributed by atoms with Crippen LogP contribution in [0.5, 0.6) is 0 Å². The third-order valence-electron chi connectivity index (χ3n) is 1.87. The molecule has 0 aromatic heterocycles. The van der Waals surface area contributed by atoms with Crippen LogP contribution in [0, 0.1) is 10.1 Å². The number of nitrogens with zero attached hydrogens (tertiary/aromatic N) is 2. The summed E-state index contributed by atoms with van der Waals surface area (Å²) >= 11 is 0. The Labute approximate surface area is 110 Å². The van der Waals surface area contributed by atoms with Crippen LogP contribution in [-0.2, 0) is 4.74 Å². The fourth-order valence-electron chi connectivity index (χ4n) is 1.14. The van der Waals surface area contributed by atoms with E-state index in [1.165, 1.54) is 30.5 Å². The minimum Gasteiger partial charge on any atom is -0.443 e. The molecule has 0 spiro atoms. The Bertz CT molecular complexity index is 489. The van der Waals surface area contributed by atoms with E-state index in [0.29, 0.717) is 5.56 Å². The van der Waals surface area contributed by atoms with Crippen molar-refractivity contribution in [1.29, 1.82) is 0 Å². The second-order valence-electron chi connectivity index (χ2n) is 4.72. The summed E-state index contributed by atoms with van der Waals surface area (Å²) in [6.45, 7) is 5.23. The predicted octanol–water partition coefficient (Wildman–Crippen LogP) is 2.45. The highest BCUT2D eigenvalue weighted by Crippen LogP contribution is 2.10. The van der Waals surface area contributed by atoms with Crippen molar-refractivity contribution in [3.63, 3.8) is 0 Å². The van der Waals surface area contributed by atoms with E-state index < -0.39 is 16.6 Å². The molecule has 0 fully saturated rings. The molecule has 0 radical (unpaired) electrons. The first kappa shape index (κ1) is 14.6. The smallest absolute Gasteiger partial charge is 0.428 e. The second-order valence-corrected chi connectivity index (χ2v) is 4.72. The molecule has 0 aliphatic rings. The van der Waals surface area contributed by atoms with E-state index in [1.807, 2.05) is 0 Å². The largest absolute Gasteiger partial charge is 0.443 e. The van der Waals surface area contributed by atoms with Crippen molar-refractivity contribution in [3.8, 4) is 0 Å². The van der Waals surface area contributed by atoms with Gasteiger partial charge in [-0.15, -0.1) is 0 Å². The number of amides is 1. The van der Waals surface area contributed by atoms with Crippen molar-refractivity contribution in [1.82, 2.24) is 5.43 Å². The minimum atomic E-state index is -0.661. The Kier molecular flexibility index (Phi) is 4.57. The molecule has 1 aromatic rings. The van der Waals surface area contributed by atoms with Gasteiger partial charge in [-0.2, -0.15) is 5.10 Å². The summed E-state index contributed by atoms with van der Waals surface area (Å²) in [6, 6.07) is 5.76. The highest BCUT2D eigenvalue weighted by molar-refractivity contribution is 5.81. The van der Waals surface area contributed by atoms with E-state index in [4.69, 9.17) is 4.74 Å². The van der Waals surface area contributed by atoms with Gasteiger partial charge in [-0.05, 0) is 38.5 Å². The Morgan fingerprint density at radius 2 is 1.95 bits per heavy atom. The number of nitrogens with one attached hydrogen (secondary N) is 1. The van der Waals surface area contributed by atoms with E-state index in [2.05, 4.69) is 10.5 Å². The maximum absolute atomic E-state index is 11.3. The van der Waals surface area contributed by atoms with Gasteiger partial charge >= 0.3 is 6.09 Å². The number of nitro benzene ring substituents is 1. The summed E-state index contributed by atoms with van der Waals surface area (Å²) in [4.78, 5) is 21.2. The first-order valence-electron chi connectivity index (χ1n) is 5.54. The van der Waals surface area contributed by atoms with Crippen molar-refractivity contribution in [2.75, 3.05) is 0 Å². The molecule has 0 bridgehead atoms. The Morgan fingerprint density at radius 1 is 1.37 bits per heavy atom. The van der Waals surface area contributed by atoms with Crippen LogP contribution >= 0.6 is 0 Å². The third-order valence-corrected chi connectivity index (χ3v) is 1.87. The highest BCUT2D eigenvalue weighted by Gasteiger charge is 2.15. The second kappa shape index (κ2) is 5.94. The van der Waals surface area contributed by atoms with Gasteiger partial charge in [-0.25, -0.2) is 10.2 Å². The summed E-state index contributed by atoms with van der Waals surface area (Å²) in [7, 11) is 0. The standard InChI is InChI=1S/C12H15N3O4/c1-12(2,3)19-11(16)14-13-8-9-4-6-10(7-5-9)15(17)18/h4-8H,1-3H3,(H,14,16)/b13-8-. The SMILES string of the molecule is CC(C)(C)OC(=O)N/N=C\c1ccc([N+](=O)[O-])cc1. The maximum Gasteiger partial charge on any atom is 0.428 e. The number of ether oxygens (including phenoxy) is 1. The molecular formula is C12H15N3O4. The fraction of sp³-hybridized carbons (Fsp3) is 0.333. The van der Waals surface area contributed by atoms with E-state index in [-0.39, 0.29) is 5.69 Å². The number of non-ortho nitro benzene ring substituents is 1. The van der Waals surface area contributed by atoms with Gasteiger partial charge < -0.3 is 4.74 Å². The number of nitro groups is 1. The Hall–Kier alpha value is -2.44. The van der Waals surface area contributed by atoms with Crippen LogP contribution in [0.25, 0.3) is 0 Å². The summed E-state index contributed by atoms with van der Waals surface area (Å²) in [5, 5.41) is 14.1. The van der Waals surface area contributed by atoms with Gasteiger partial charge in [-0.3, -0.25) is 10.1 Å². The topological polar surface area (TPSA) is 93.8 Å². The lowest BCUT2D eigenvalue weighted by Gasteiger charge is -2.18. The monoisotopic (exact) mass is 265 g/mol. The molecule has 0 saturated carbocycles. The molecule has 7 nitrogen and oxygen atoms in total. The fourth-order valence-corrected chi connectivity index (χ4v) is 1.14. The van der Waals surface area contributed by atoms with Crippen LogP contribution in [-0.4, -0.2) is 22.8 Å². The number of hydrogen-bond donors (Lipinski definition) is 1. The molecule has 7 heteroatoms. The van der Waals surface area contributed by atoms with Crippen LogP contribution in [0.3, 0.4) is 0 Å². The van der Waals surface area contributed by atoms with Gasteiger partial charge in [0.15, 0.2) is 0 Å². The van der Waals surface area contributed by atoms with Crippen LogP contribution in [0.15, 0.2) is 29.4 Å². The zero-order valence-corrected chi connectivity index (χ0v) is 10.9. The van der Waals surface area contributed by atoms with Gasteiger partial charge in [0, 0.05) is 12.1 Å². The number of carbonyl (C=O) groups excluding carboxylic acids is 1. The number of hydrogen-bond acceptors (Lipinski definition) is 5. The van der Waals surface area contributed by atoms with Crippen molar-refractivity contribution in [2.45, 2.75) is 26.4 Å². The lowest BCUT2D eigenvalue weighted by atomic mass is 10.2. The molecule has 0 heterocycles. The molecule has 0 aliphatic heterocycles. The van der Waals surface area contributed by atoms with Gasteiger partial charge in [0.25, 0.3) is 5.69 Å². The van der Waals surface area contributed by atoms with Crippen molar-refractivity contribution in [2.24, 2.45) is 5.10 Å². The van der Waals surface area contributed by atoms with Gasteiger partial charge in [0.05, 0.1) is 11.1 Å². The minimum absolute atomic E-state index is 0.00254. The highest BCUT2D eigenvalue weighted by atomic mass is 16.6. The number of hydrazone groups is 1. The maximum atomic E-state index is 11.3. The molecular weight excluding hydrogens is 250 g/mol. The zero-order valence-electron chi connectivity index (χ0n) is 10.9. The first-order chi connectivity index (χ1) is 8.78. The summed E-state index contributed by atoms with van der Waals surface area (Å²) < 4.78 is 4.97. The molecule has 0 aliphatic carbocycles. The molecule has 1 rings (SSSR count).